The van der Waals surface area contributed by atoms with Crippen LogP contribution in [0.15, 0.2) is 47.5 Å². The van der Waals surface area contributed by atoms with E-state index in [1.807, 2.05) is 56.3 Å². The zero-order valence-corrected chi connectivity index (χ0v) is 18.2. The zero-order chi connectivity index (χ0) is 21.8. The molecular weight excluding hydrogens is 380 g/mol. The summed E-state index contributed by atoms with van der Waals surface area (Å²) in [5.74, 6) is 2.16. The molecule has 0 spiro atoms. The lowest BCUT2D eigenvalue weighted by Gasteiger charge is -2.13. The molecule has 0 aliphatic carbocycles. The Kier molecular flexibility index (Phi) is 9.51. The van der Waals surface area contributed by atoms with Crippen molar-refractivity contribution in [2.45, 2.75) is 39.8 Å². The largest absolute Gasteiger partial charge is 0.493 e. The van der Waals surface area contributed by atoms with Gasteiger partial charge in [-0.2, -0.15) is 0 Å². The molecule has 0 radical (unpaired) electrons. The van der Waals surface area contributed by atoms with Crippen LogP contribution in [-0.4, -0.2) is 32.6 Å². The molecule has 2 aromatic rings. The van der Waals surface area contributed by atoms with Crippen LogP contribution in [0.25, 0.3) is 0 Å². The number of guanidine groups is 1. The Labute approximate surface area is 178 Å². The number of nitrogens with one attached hydrogen (secondary N) is 3. The molecule has 30 heavy (non-hydrogen) atoms. The highest BCUT2D eigenvalue weighted by Crippen LogP contribution is 2.27. The first kappa shape index (κ1) is 23.1. The molecular formula is C23H32N4O3. The van der Waals surface area contributed by atoms with Gasteiger partial charge >= 0.3 is 0 Å². The van der Waals surface area contributed by atoms with Gasteiger partial charge in [0.25, 0.3) is 0 Å². The van der Waals surface area contributed by atoms with Crippen molar-refractivity contribution in [3.63, 3.8) is 0 Å². The van der Waals surface area contributed by atoms with Crippen LogP contribution in [0.5, 0.6) is 11.5 Å². The number of ether oxygens (including phenoxy) is 2. The maximum Gasteiger partial charge on any atom is 0.224 e. The number of carbonyl (C=O) groups excluding carboxylic acids is 1. The van der Waals surface area contributed by atoms with E-state index in [9.17, 15) is 4.79 Å². The summed E-state index contributed by atoms with van der Waals surface area (Å²) in [6, 6.07) is 13.6. The van der Waals surface area contributed by atoms with Crippen molar-refractivity contribution in [1.29, 1.82) is 0 Å². The molecule has 162 valence electrons. The quantitative estimate of drug-likeness (QED) is 0.409. The smallest absolute Gasteiger partial charge is 0.224 e. The second-order valence-corrected chi connectivity index (χ2v) is 6.73. The molecule has 0 unspecified atom stereocenters. The Balaban J connectivity index is 1.96. The van der Waals surface area contributed by atoms with Crippen LogP contribution in [-0.2, 0) is 17.9 Å². The van der Waals surface area contributed by atoms with Crippen LogP contribution in [0.3, 0.4) is 0 Å². The normalized spacial score (nSPS) is 11.0. The minimum absolute atomic E-state index is 0.0418. The Morgan fingerprint density at radius 3 is 2.27 bits per heavy atom. The maximum atomic E-state index is 11.7. The fraction of sp³-hybridized carbons (Fsp3) is 0.391. The van der Waals surface area contributed by atoms with Crippen LogP contribution in [0.2, 0.25) is 0 Å². The summed E-state index contributed by atoms with van der Waals surface area (Å²) in [4.78, 5) is 16.3. The SMILES string of the molecule is CCCC(=O)Nc1ccc(CNC(=NCc2ccc(OC)c(OC)c2)NCC)cc1. The average molecular weight is 413 g/mol. The van der Waals surface area contributed by atoms with Gasteiger partial charge in [0.15, 0.2) is 17.5 Å². The molecule has 0 fully saturated rings. The summed E-state index contributed by atoms with van der Waals surface area (Å²) >= 11 is 0. The molecule has 1 amide bonds. The highest BCUT2D eigenvalue weighted by molar-refractivity contribution is 5.90. The molecule has 3 N–H and O–H groups in total. The van der Waals surface area contributed by atoms with Gasteiger partial charge in [0.05, 0.1) is 20.8 Å². The molecule has 0 heterocycles. The third kappa shape index (κ3) is 7.31. The molecule has 0 aliphatic heterocycles. The van der Waals surface area contributed by atoms with Crippen LogP contribution >= 0.6 is 0 Å². The van der Waals surface area contributed by atoms with Crippen molar-refractivity contribution in [3.05, 3.63) is 53.6 Å². The van der Waals surface area contributed by atoms with E-state index in [0.717, 1.165) is 35.7 Å². The fourth-order valence-electron chi connectivity index (χ4n) is 2.83. The molecule has 0 atom stereocenters. The fourth-order valence-corrected chi connectivity index (χ4v) is 2.83. The predicted molar refractivity (Wildman–Crippen MR) is 121 cm³/mol. The summed E-state index contributed by atoms with van der Waals surface area (Å²) in [5, 5.41) is 9.48. The van der Waals surface area contributed by atoms with Crippen molar-refractivity contribution < 1.29 is 14.3 Å². The topological polar surface area (TPSA) is 84.0 Å². The van der Waals surface area contributed by atoms with Gasteiger partial charge in [0.1, 0.15) is 0 Å². The number of nitrogens with zero attached hydrogens (tertiary/aromatic N) is 1. The van der Waals surface area contributed by atoms with E-state index < -0.39 is 0 Å². The van der Waals surface area contributed by atoms with E-state index >= 15 is 0 Å². The summed E-state index contributed by atoms with van der Waals surface area (Å²) in [6.45, 7) is 5.92. The molecule has 0 aliphatic rings. The van der Waals surface area contributed by atoms with Gasteiger partial charge in [-0.25, -0.2) is 4.99 Å². The van der Waals surface area contributed by atoms with Gasteiger partial charge in [-0.1, -0.05) is 25.1 Å². The number of benzene rings is 2. The molecule has 7 nitrogen and oxygen atoms in total. The number of hydrogen-bond acceptors (Lipinski definition) is 4. The summed E-state index contributed by atoms with van der Waals surface area (Å²) in [7, 11) is 3.24. The third-order valence-electron chi connectivity index (χ3n) is 4.39. The minimum Gasteiger partial charge on any atom is -0.493 e. The molecule has 7 heteroatoms. The Bertz CT molecular complexity index is 835. The van der Waals surface area contributed by atoms with Gasteiger partial charge in [0.2, 0.25) is 5.91 Å². The first-order chi connectivity index (χ1) is 14.6. The zero-order valence-electron chi connectivity index (χ0n) is 18.2. The number of aliphatic imine (C=N–C) groups is 1. The van der Waals surface area contributed by atoms with Crippen molar-refractivity contribution in [1.82, 2.24) is 10.6 Å². The summed E-state index contributed by atoms with van der Waals surface area (Å²) in [6.07, 6.45) is 1.37. The van der Waals surface area contributed by atoms with Crippen LogP contribution < -0.4 is 25.4 Å². The number of carbonyl (C=O) groups is 1. The number of rotatable bonds is 10. The van der Waals surface area contributed by atoms with Gasteiger partial charge in [0, 0.05) is 25.2 Å². The van der Waals surface area contributed by atoms with Crippen LogP contribution in [0, 0.1) is 0 Å². The summed E-state index contributed by atoms with van der Waals surface area (Å²) < 4.78 is 10.6. The number of anilines is 1. The van der Waals surface area contributed by atoms with E-state index in [-0.39, 0.29) is 5.91 Å². The van der Waals surface area contributed by atoms with Crippen molar-refractivity contribution >= 4 is 17.6 Å². The maximum absolute atomic E-state index is 11.7. The Morgan fingerprint density at radius 1 is 0.933 bits per heavy atom. The lowest BCUT2D eigenvalue weighted by atomic mass is 10.2. The average Bonchev–Trinajstić information content (AvgIpc) is 2.76. The van der Waals surface area contributed by atoms with E-state index in [0.29, 0.717) is 31.0 Å². The van der Waals surface area contributed by atoms with Gasteiger partial charge < -0.3 is 25.4 Å². The Hall–Kier alpha value is -3.22. The number of hydrogen-bond donors (Lipinski definition) is 3. The van der Waals surface area contributed by atoms with Crippen molar-refractivity contribution in [3.8, 4) is 11.5 Å². The summed E-state index contributed by atoms with van der Waals surface area (Å²) in [5.41, 5.74) is 2.93. The van der Waals surface area contributed by atoms with Gasteiger partial charge in [-0.15, -0.1) is 0 Å². The molecule has 0 saturated carbocycles. The lowest BCUT2D eigenvalue weighted by molar-refractivity contribution is -0.116. The van der Waals surface area contributed by atoms with Crippen molar-refractivity contribution in [2.75, 3.05) is 26.1 Å². The van der Waals surface area contributed by atoms with E-state index in [4.69, 9.17) is 9.47 Å². The molecule has 0 aromatic heterocycles. The van der Waals surface area contributed by atoms with Crippen LogP contribution in [0.1, 0.15) is 37.8 Å². The third-order valence-corrected chi connectivity index (χ3v) is 4.39. The second kappa shape index (κ2) is 12.4. The lowest BCUT2D eigenvalue weighted by Crippen LogP contribution is -2.36. The monoisotopic (exact) mass is 412 g/mol. The molecule has 0 saturated heterocycles. The first-order valence-electron chi connectivity index (χ1n) is 10.2. The number of methoxy groups -OCH3 is 2. The van der Waals surface area contributed by atoms with E-state index in [1.165, 1.54) is 0 Å². The van der Waals surface area contributed by atoms with Crippen LogP contribution in [0.4, 0.5) is 5.69 Å². The van der Waals surface area contributed by atoms with Crippen molar-refractivity contribution in [2.24, 2.45) is 4.99 Å². The van der Waals surface area contributed by atoms with Gasteiger partial charge in [-0.3, -0.25) is 4.79 Å². The second-order valence-electron chi connectivity index (χ2n) is 6.73. The Morgan fingerprint density at radius 2 is 1.63 bits per heavy atom. The first-order valence-corrected chi connectivity index (χ1v) is 10.2. The number of amides is 1. The minimum atomic E-state index is 0.0418. The highest BCUT2D eigenvalue weighted by atomic mass is 16.5. The highest BCUT2D eigenvalue weighted by Gasteiger charge is 2.05. The standard InChI is InChI=1S/C23H32N4O3/c1-5-7-22(28)27-19-11-8-17(9-12-19)15-25-23(24-6-2)26-16-18-10-13-20(29-3)21(14-18)30-4/h8-14H,5-7,15-16H2,1-4H3,(H,27,28)(H2,24,25,26). The molecule has 2 rings (SSSR count). The van der Waals surface area contributed by atoms with E-state index in [1.54, 1.807) is 14.2 Å². The molecule has 2 aromatic carbocycles. The predicted octanol–water partition coefficient (Wildman–Crippen LogP) is 3.70. The van der Waals surface area contributed by atoms with E-state index in [2.05, 4.69) is 20.9 Å². The van der Waals surface area contributed by atoms with Gasteiger partial charge in [-0.05, 0) is 48.7 Å². The molecule has 0 bridgehead atoms.